The first kappa shape index (κ1) is 12.9. The fraction of sp³-hybridized carbons (Fsp3) is 0.333. The lowest BCUT2D eigenvalue weighted by Gasteiger charge is -2.04. The van der Waals surface area contributed by atoms with Crippen molar-refractivity contribution < 1.29 is 0 Å². The van der Waals surface area contributed by atoms with Crippen LogP contribution in [0, 0.1) is 5.92 Å². The Bertz CT molecular complexity index is 725. The Morgan fingerprint density at radius 2 is 2.20 bits per heavy atom. The van der Waals surface area contributed by atoms with E-state index in [0.29, 0.717) is 12.5 Å². The number of nitrogens with one attached hydrogen (secondary N) is 1. The number of nitrogens with two attached hydrogens (primary N) is 1. The predicted molar refractivity (Wildman–Crippen MR) is 80.2 cm³/mol. The molecule has 2 heterocycles. The van der Waals surface area contributed by atoms with Crippen molar-refractivity contribution in [2.24, 2.45) is 18.7 Å². The number of H-pyrrole nitrogens is 1. The third-order valence-electron chi connectivity index (χ3n) is 3.61. The summed E-state index contributed by atoms with van der Waals surface area (Å²) >= 11 is 0. The number of aromatic amines is 1. The number of hydrogen-bond donors (Lipinski definition) is 2. The maximum Gasteiger partial charge on any atom is 0.106 e. The first-order chi connectivity index (χ1) is 9.67. The number of imidazole rings is 2. The Hall–Kier alpha value is -2.14. The molecule has 0 spiro atoms. The molecule has 5 nitrogen and oxygen atoms in total. The van der Waals surface area contributed by atoms with Crippen LogP contribution in [0.2, 0.25) is 0 Å². The van der Waals surface area contributed by atoms with E-state index in [4.69, 9.17) is 5.73 Å². The lowest BCUT2D eigenvalue weighted by atomic mass is 10.1. The van der Waals surface area contributed by atoms with Crippen LogP contribution in [0.1, 0.15) is 12.7 Å². The quantitative estimate of drug-likeness (QED) is 0.762. The van der Waals surface area contributed by atoms with Gasteiger partial charge in [0.1, 0.15) is 5.82 Å². The molecule has 0 amide bonds. The van der Waals surface area contributed by atoms with Gasteiger partial charge in [0.2, 0.25) is 0 Å². The molecular weight excluding hydrogens is 250 g/mol. The molecule has 0 saturated heterocycles. The second-order valence-electron chi connectivity index (χ2n) is 5.35. The molecule has 0 fully saturated rings. The van der Waals surface area contributed by atoms with E-state index >= 15 is 0 Å². The number of fused-ring (bicyclic) bond motifs is 1. The second kappa shape index (κ2) is 5.09. The molecule has 0 saturated carbocycles. The molecule has 3 rings (SSSR count). The van der Waals surface area contributed by atoms with Crippen molar-refractivity contribution in [1.82, 2.24) is 19.5 Å². The summed E-state index contributed by atoms with van der Waals surface area (Å²) in [6, 6.07) is 6.26. The normalized spacial score (nSPS) is 12.9. The molecule has 5 heteroatoms. The summed E-state index contributed by atoms with van der Waals surface area (Å²) in [7, 11) is 2.00. The van der Waals surface area contributed by atoms with E-state index in [-0.39, 0.29) is 0 Å². The van der Waals surface area contributed by atoms with Crippen LogP contribution in [0.15, 0.2) is 30.7 Å². The van der Waals surface area contributed by atoms with Crippen LogP contribution in [0.3, 0.4) is 0 Å². The van der Waals surface area contributed by atoms with Crippen molar-refractivity contribution in [2.45, 2.75) is 13.3 Å². The number of aryl methyl sites for hydroxylation is 1. The Morgan fingerprint density at radius 1 is 1.35 bits per heavy atom. The van der Waals surface area contributed by atoms with Gasteiger partial charge in [-0.1, -0.05) is 13.0 Å². The molecule has 0 aliphatic heterocycles. The summed E-state index contributed by atoms with van der Waals surface area (Å²) in [4.78, 5) is 12.2. The number of aromatic nitrogens is 4. The van der Waals surface area contributed by atoms with Crippen molar-refractivity contribution >= 4 is 11.0 Å². The average Bonchev–Trinajstić information content (AvgIpc) is 3.06. The van der Waals surface area contributed by atoms with Gasteiger partial charge in [0.25, 0.3) is 0 Å². The molecule has 20 heavy (non-hydrogen) atoms. The first-order valence-electron chi connectivity index (χ1n) is 6.82. The Balaban J connectivity index is 1.90. The van der Waals surface area contributed by atoms with Gasteiger partial charge in [0.05, 0.1) is 29.3 Å². The van der Waals surface area contributed by atoms with E-state index in [2.05, 4.69) is 40.1 Å². The van der Waals surface area contributed by atoms with Gasteiger partial charge in [0.15, 0.2) is 0 Å². The lowest BCUT2D eigenvalue weighted by Crippen LogP contribution is -2.13. The fourth-order valence-electron chi connectivity index (χ4n) is 2.33. The first-order valence-corrected chi connectivity index (χ1v) is 6.82. The standard InChI is InChI=1S/C15H19N5/c1-10(7-16)5-15-17-8-13(19-15)11-3-4-14-12(6-11)18-9-20(14)2/h3-4,6,8-10H,5,7,16H2,1-2H3,(H,17,19). The fourth-order valence-corrected chi connectivity index (χ4v) is 2.33. The zero-order chi connectivity index (χ0) is 14.1. The highest BCUT2D eigenvalue weighted by molar-refractivity contribution is 5.81. The Kier molecular flexibility index (Phi) is 3.28. The highest BCUT2D eigenvalue weighted by Crippen LogP contribution is 2.22. The van der Waals surface area contributed by atoms with Gasteiger partial charge in [0, 0.05) is 19.0 Å². The minimum atomic E-state index is 0.437. The summed E-state index contributed by atoms with van der Waals surface area (Å²) in [6.07, 6.45) is 4.58. The van der Waals surface area contributed by atoms with Gasteiger partial charge in [-0.25, -0.2) is 9.97 Å². The zero-order valence-corrected chi connectivity index (χ0v) is 11.8. The number of rotatable bonds is 4. The van der Waals surface area contributed by atoms with Crippen LogP contribution in [0.4, 0.5) is 0 Å². The molecule has 1 atom stereocenters. The van der Waals surface area contributed by atoms with E-state index < -0.39 is 0 Å². The molecule has 0 aliphatic rings. The number of hydrogen-bond acceptors (Lipinski definition) is 3. The third kappa shape index (κ3) is 2.32. The monoisotopic (exact) mass is 269 g/mol. The van der Waals surface area contributed by atoms with Gasteiger partial charge in [-0.3, -0.25) is 0 Å². The van der Waals surface area contributed by atoms with Gasteiger partial charge in [-0.15, -0.1) is 0 Å². The number of nitrogens with zero attached hydrogens (tertiary/aromatic N) is 3. The Labute approximate surface area is 117 Å². The topological polar surface area (TPSA) is 72.5 Å². The summed E-state index contributed by atoms with van der Waals surface area (Å²) in [5.74, 6) is 1.42. The van der Waals surface area contributed by atoms with Crippen molar-refractivity contribution in [3.63, 3.8) is 0 Å². The van der Waals surface area contributed by atoms with Crippen LogP contribution in [-0.4, -0.2) is 26.1 Å². The lowest BCUT2D eigenvalue weighted by molar-refractivity contribution is 0.577. The van der Waals surface area contributed by atoms with Crippen LogP contribution < -0.4 is 5.73 Å². The molecule has 0 bridgehead atoms. The SMILES string of the molecule is CC(CN)Cc1ncc(-c2ccc3c(c2)ncn3C)[nH]1. The average molecular weight is 269 g/mol. The van der Waals surface area contributed by atoms with E-state index in [9.17, 15) is 0 Å². The van der Waals surface area contributed by atoms with Crippen molar-refractivity contribution in [2.75, 3.05) is 6.54 Å². The second-order valence-corrected chi connectivity index (χ2v) is 5.35. The van der Waals surface area contributed by atoms with Crippen LogP contribution >= 0.6 is 0 Å². The van der Waals surface area contributed by atoms with E-state index in [1.807, 2.05) is 24.1 Å². The summed E-state index contributed by atoms with van der Waals surface area (Å²) in [5.41, 5.74) is 9.91. The Morgan fingerprint density at radius 3 is 3.00 bits per heavy atom. The molecule has 2 aromatic heterocycles. The van der Waals surface area contributed by atoms with Gasteiger partial charge in [-0.05, 0) is 24.6 Å². The molecule has 1 aromatic carbocycles. The molecule has 0 radical (unpaired) electrons. The molecule has 104 valence electrons. The number of benzene rings is 1. The van der Waals surface area contributed by atoms with Crippen LogP contribution in [-0.2, 0) is 13.5 Å². The maximum absolute atomic E-state index is 5.65. The maximum atomic E-state index is 5.65. The smallest absolute Gasteiger partial charge is 0.106 e. The van der Waals surface area contributed by atoms with Crippen LogP contribution in [0.5, 0.6) is 0 Å². The van der Waals surface area contributed by atoms with Gasteiger partial charge in [-0.2, -0.15) is 0 Å². The molecular formula is C15H19N5. The molecule has 1 unspecified atom stereocenters. The minimum absolute atomic E-state index is 0.437. The minimum Gasteiger partial charge on any atom is -0.342 e. The van der Waals surface area contributed by atoms with Crippen molar-refractivity contribution in [3.05, 3.63) is 36.5 Å². The largest absolute Gasteiger partial charge is 0.342 e. The summed E-state index contributed by atoms with van der Waals surface area (Å²) < 4.78 is 2.01. The summed E-state index contributed by atoms with van der Waals surface area (Å²) in [6.45, 7) is 2.80. The van der Waals surface area contributed by atoms with Crippen molar-refractivity contribution in [1.29, 1.82) is 0 Å². The molecule has 3 aromatic rings. The van der Waals surface area contributed by atoms with E-state index in [1.54, 1.807) is 0 Å². The highest BCUT2D eigenvalue weighted by atomic mass is 15.0. The van der Waals surface area contributed by atoms with Crippen molar-refractivity contribution in [3.8, 4) is 11.3 Å². The zero-order valence-electron chi connectivity index (χ0n) is 11.8. The third-order valence-corrected chi connectivity index (χ3v) is 3.61. The molecule has 3 N–H and O–H groups in total. The van der Waals surface area contributed by atoms with E-state index in [1.165, 1.54) is 0 Å². The summed E-state index contributed by atoms with van der Waals surface area (Å²) in [5, 5.41) is 0. The molecule has 0 aliphatic carbocycles. The van der Waals surface area contributed by atoms with Gasteiger partial charge >= 0.3 is 0 Å². The highest BCUT2D eigenvalue weighted by Gasteiger charge is 2.08. The van der Waals surface area contributed by atoms with Gasteiger partial charge < -0.3 is 15.3 Å². The van der Waals surface area contributed by atoms with E-state index in [0.717, 1.165) is 34.5 Å². The van der Waals surface area contributed by atoms with Crippen LogP contribution in [0.25, 0.3) is 22.3 Å². The predicted octanol–water partition coefficient (Wildman–Crippen LogP) is 2.10.